The van der Waals surface area contributed by atoms with Crippen molar-refractivity contribution < 1.29 is 4.74 Å². The first-order valence-corrected chi connectivity index (χ1v) is 8.40. The summed E-state index contributed by atoms with van der Waals surface area (Å²) in [5, 5.41) is 11.9. The number of nitrogens with one attached hydrogen (secondary N) is 2. The van der Waals surface area contributed by atoms with Gasteiger partial charge in [-0.25, -0.2) is 0 Å². The van der Waals surface area contributed by atoms with Gasteiger partial charge in [-0.15, -0.1) is 0 Å². The molecular formula is C19H22N4O. The number of hydrogen-bond donors (Lipinski definition) is 2. The maximum absolute atomic E-state index is 5.35. The Morgan fingerprint density at radius 2 is 2.21 bits per heavy atom. The summed E-state index contributed by atoms with van der Waals surface area (Å²) < 4.78 is 5.35. The van der Waals surface area contributed by atoms with Gasteiger partial charge in [0.2, 0.25) is 0 Å². The summed E-state index contributed by atoms with van der Waals surface area (Å²) in [5.74, 6) is 0.910. The zero-order valence-corrected chi connectivity index (χ0v) is 13.8. The van der Waals surface area contributed by atoms with Crippen molar-refractivity contribution in [3.8, 4) is 5.75 Å². The summed E-state index contributed by atoms with van der Waals surface area (Å²) >= 11 is 0. The van der Waals surface area contributed by atoms with Crippen molar-refractivity contribution in [1.29, 1.82) is 0 Å². The van der Waals surface area contributed by atoms with Gasteiger partial charge < -0.3 is 15.0 Å². The predicted octanol–water partition coefficient (Wildman–Crippen LogP) is 3.65. The molecule has 0 radical (unpaired) electrons. The molecular weight excluding hydrogens is 300 g/mol. The smallest absolute Gasteiger partial charge is 0.120 e. The lowest BCUT2D eigenvalue weighted by Crippen LogP contribution is -2.42. The van der Waals surface area contributed by atoms with Crippen LogP contribution in [-0.4, -0.2) is 36.4 Å². The van der Waals surface area contributed by atoms with Crippen LogP contribution in [0.25, 0.3) is 10.9 Å². The summed E-state index contributed by atoms with van der Waals surface area (Å²) in [7, 11) is 1.71. The van der Waals surface area contributed by atoms with Crippen molar-refractivity contribution in [3.05, 3.63) is 48.7 Å². The molecule has 1 atom stereocenters. The predicted molar refractivity (Wildman–Crippen MR) is 97.9 cm³/mol. The standard InChI is InChI=1S/C19H22N4O/c1-24-18-6-2-5-17(11-18)23-9-3-4-16(13-23)21-15-7-8-19-14(10-15)12-20-22-19/h2,5-8,10-12,16,21H,3-4,9,13H2,1H3,(H,20,22). The largest absolute Gasteiger partial charge is 0.497 e. The van der Waals surface area contributed by atoms with E-state index in [1.165, 1.54) is 18.5 Å². The van der Waals surface area contributed by atoms with Gasteiger partial charge in [0.15, 0.2) is 0 Å². The van der Waals surface area contributed by atoms with E-state index in [9.17, 15) is 0 Å². The first-order chi connectivity index (χ1) is 11.8. The van der Waals surface area contributed by atoms with E-state index in [1.807, 2.05) is 12.3 Å². The fraction of sp³-hybridized carbons (Fsp3) is 0.316. The van der Waals surface area contributed by atoms with Gasteiger partial charge in [-0.05, 0) is 43.2 Å². The third-order valence-electron chi connectivity index (χ3n) is 4.65. The maximum atomic E-state index is 5.35. The van der Waals surface area contributed by atoms with Crippen LogP contribution in [0.3, 0.4) is 0 Å². The topological polar surface area (TPSA) is 53.2 Å². The van der Waals surface area contributed by atoms with E-state index in [-0.39, 0.29) is 0 Å². The summed E-state index contributed by atoms with van der Waals surface area (Å²) in [6, 6.07) is 15.1. The molecule has 1 unspecified atom stereocenters. The molecule has 5 heteroatoms. The Hall–Kier alpha value is -2.69. The van der Waals surface area contributed by atoms with Crippen molar-refractivity contribution in [2.24, 2.45) is 0 Å². The third kappa shape index (κ3) is 3.02. The van der Waals surface area contributed by atoms with Crippen LogP contribution in [0.5, 0.6) is 5.75 Å². The fourth-order valence-electron chi connectivity index (χ4n) is 3.40. The van der Waals surface area contributed by atoms with Gasteiger partial charge >= 0.3 is 0 Å². The Kier molecular flexibility index (Phi) is 3.99. The molecule has 24 heavy (non-hydrogen) atoms. The monoisotopic (exact) mass is 322 g/mol. The highest BCUT2D eigenvalue weighted by atomic mass is 16.5. The molecule has 2 N–H and O–H groups in total. The molecule has 1 saturated heterocycles. The van der Waals surface area contributed by atoms with Crippen molar-refractivity contribution in [1.82, 2.24) is 10.2 Å². The molecule has 1 fully saturated rings. The Bertz CT molecular complexity index is 829. The average molecular weight is 322 g/mol. The minimum Gasteiger partial charge on any atom is -0.497 e. The van der Waals surface area contributed by atoms with Gasteiger partial charge in [-0.3, -0.25) is 5.10 Å². The highest BCUT2D eigenvalue weighted by Gasteiger charge is 2.20. The second-order valence-electron chi connectivity index (χ2n) is 6.30. The number of piperidine rings is 1. The van der Waals surface area contributed by atoms with Crippen LogP contribution in [0, 0.1) is 0 Å². The molecule has 5 nitrogen and oxygen atoms in total. The molecule has 1 aliphatic rings. The molecule has 2 aromatic carbocycles. The molecule has 0 spiro atoms. The molecule has 0 amide bonds. The maximum Gasteiger partial charge on any atom is 0.120 e. The SMILES string of the molecule is COc1cccc(N2CCCC(Nc3ccc4[nH]ncc4c3)C2)c1. The fourth-order valence-corrected chi connectivity index (χ4v) is 3.40. The van der Waals surface area contributed by atoms with E-state index < -0.39 is 0 Å². The Labute approximate surface area is 141 Å². The van der Waals surface area contributed by atoms with Crippen molar-refractivity contribution in [3.63, 3.8) is 0 Å². The van der Waals surface area contributed by atoms with Gasteiger partial charge in [0.1, 0.15) is 5.75 Å². The van der Waals surface area contributed by atoms with E-state index in [4.69, 9.17) is 4.74 Å². The highest BCUT2D eigenvalue weighted by Crippen LogP contribution is 2.26. The first-order valence-electron chi connectivity index (χ1n) is 8.40. The highest BCUT2D eigenvalue weighted by molar-refractivity contribution is 5.81. The van der Waals surface area contributed by atoms with Crippen LogP contribution < -0.4 is 15.0 Å². The Morgan fingerprint density at radius 1 is 1.25 bits per heavy atom. The summed E-state index contributed by atoms with van der Waals surface area (Å²) in [4.78, 5) is 2.43. The van der Waals surface area contributed by atoms with E-state index in [0.29, 0.717) is 6.04 Å². The van der Waals surface area contributed by atoms with Crippen LogP contribution in [0.2, 0.25) is 0 Å². The molecule has 0 bridgehead atoms. The molecule has 3 aromatic rings. The van der Waals surface area contributed by atoms with Crippen LogP contribution in [0.1, 0.15) is 12.8 Å². The van der Waals surface area contributed by atoms with Crippen LogP contribution in [0.4, 0.5) is 11.4 Å². The van der Waals surface area contributed by atoms with E-state index in [0.717, 1.165) is 35.4 Å². The third-order valence-corrected chi connectivity index (χ3v) is 4.65. The Morgan fingerprint density at radius 3 is 3.12 bits per heavy atom. The summed E-state index contributed by atoms with van der Waals surface area (Å²) in [6.45, 7) is 2.09. The molecule has 2 heterocycles. The van der Waals surface area contributed by atoms with Gasteiger partial charge in [0, 0.05) is 42.0 Å². The second-order valence-corrected chi connectivity index (χ2v) is 6.30. The lowest BCUT2D eigenvalue weighted by molar-refractivity contribution is 0.414. The van der Waals surface area contributed by atoms with Gasteiger partial charge in [0.25, 0.3) is 0 Å². The number of benzene rings is 2. The van der Waals surface area contributed by atoms with Gasteiger partial charge in [-0.2, -0.15) is 5.10 Å². The molecule has 0 saturated carbocycles. The average Bonchev–Trinajstić information content (AvgIpc) is 3.10. The number of H-pyrrole nitrogens is 1. The van der Waals surface area contributed by atoms with E-state index >= 15 is 0 Å². The van der Waals surface area contributed by atoms with E-state index in [1.54, 1.807) is 7.11 Å². The molecule has 0 aliphatic carbocycles. The minimum absolute atomic E-state index is 0.439. The zero-order valence-electron chi connectivity index (χ0n) is 13.8. The number of rotatable bonds is 4. The molecule has 1 aliphatic heterocycles. The number of aromatic amines is 1. The van der Waals surface area contributed by atoms with E-state index in [2.05, 4.69) is 56.8 Å². The van der Waals surface area contributed by atoms with Crippen LogP contribution in [0.15, 0.2) is 48.7 Å². The molecule has 4 rings (SSSR count). The van der Waals surface area contributed by atoms with Crippen molar-refractivity contribution >= 4 is 22.3 Å². The van der Waals surface area contributed by atoms with Crippen LogP contribution in [-0.2, 0) is 0 Å². The number of hydrogen-bond acceptors (Lipinski definition) is 4. The number of aromatic nitrogens is 2. The van der Waals surface area contributed by atoms with Crippen molar-refractivity contribution in [2.45, 2.75) is 18.9 Å². The first kappa shape index (κ1) is 14.9. The minimum atomic E-state index is 0.439. The quantitative estimate of drug-likeness (QED) is 0.770. The lowest BCUT2D eigenvalue weighted by Gasteiger charge is -2.35. The van der Waals surface area contributed by atoms with Crippen LogP contribution >= 0.6 is 0 Å². The van der Waals surface area contributed by atoms with Crippen molar-refractivity contribution in [2.75, 3.05) is 30.4 Å². The molecule has 124 valence electrons. The lowest BCUT2D eigenvalue weighted by atomic mass is 10.0. The van der Waals surface area contributed by atoms with Gasteiger partial charge in [0.05, 0.1) is 18.8 Å². The number of methoxy groups -OCH3 is 1. The molecule has 1 aromatic heterocycles. The number of ether oxygens (including phenoxy) is 1. The summed E-state index contributed by atoms with van der Waals surface area (Å²) in [5.41, 5.74) is 3.45. The number of nitrogens with zero attached hydrogens (tertiary/aromatic N) is 2. The zero-order chi connectivity index (χ0) is 16.4. The van der Waals surface area contributed by atoms with Gasteiger partial charge in [-0.1, -0.05) is 6.07 Å². The summed E-state index contributed by atoms with van der Waals surface area (Å²) in [6.07, 6.45) is 4.23. The normalized spacial score (nSPS) is 17.9. The number of anilines is 2. The number of fused-ring (bicyclic) bond motifs is 1. The second kappa shape index (κ2) is 6.43. The Balaban J connectivity index is 1.47.